The van der Waals surface area contributed by atoms with Crippen molar-refractivity contribution in [2.45, 2.75) is 24.8 Å². The van der Waals surface area contributed by atoms with E-state index >= 15 is 0 Å². The second-order valence-electron chi connectivity index (χ2n) is 5.46. The van der Waals surface area contributed by atoms with Crippen molar-refractivity contribution in [3.05, 3.63) is 54.1 Å². The average molecular weight is 359 g/mol. The van der Waals surface area contributed by atoms with E-state index in [1.165, 1.54) is 11.8 Å². The summed E-state index contributed by atoms with van der Waals surface area (Å²) in [7, 11) is 1.60. The number of carbonyl (C=O) groups is 2. The maximum absolute atomic E-state index is 12.1. The van der Waals surface area contributed by atoms with Crippen molar-refractivity contribution in [3.63, 3.8) is 0 Å². The predicted octanol–water partition coefficient (Wildman–Crippen LogP) is 3.67. The van der Waals surface area contributed by atoms with Gasteiger partial charge in [-0.2, -0.15) is 0 Å². The van der Waals surface area contributed by atoms with Crippen LogP contribution in [0.1, 0.15) is 12.5 Å². The van der Waals surface area contributed by atoms with E-state index in [0.29, 0.717) is 5.69 Å². The van der Waals surface area contributed by atoms with Crippen LogP contribution >= 0.6 is 11.8 Å². The van der Waals surface area contributed by atoms with Gasteiger partial charge in [-0.1, -0.05) is 12.1 Å². The van der Waals surface area contributed by atoms with E-state index in [1.54, 1.807) is 20.1 Å². The van der Waals surface area contributed by atoms with Crippen LogP contribution in [0.3, 0.4) is 0 Å². The summed E-state index contributed by atoms with van der Waals surface area (Å²) in [6, 6.07) is 14.8. The number of rotatable bonds is 7. The first-order valence-corrected chi connectivity index (χ1v) is 8.80. The van der Waals surface area contributed by atoms with Gasteiger partial charge in [-0.3, -0.25) is 9.59 Å². The Kier molecular flexibility index (Phi) is 6.89. The highest BCUT2D eigenvalue weighted by atomic mass is 32.2. The lowest BCUT2D eigenvalue weighted by Gasteiger charge is -2.13. The topological polar surface area (TPSA) is 64.6 Å². The summed E-state index contributed by atoms with van der Waals surface area (Å²) in [6.07, 6.45) is -0.857. The first-order chi connectivity index (χ1) is 12.0. The Hall–Kier alpha value is -2.47. The molecule has 0 unspecified atom stereocenters. The molecule has 2 aromatic rings. The van der Waals surface area contributed by atoms with Crippen molar-refractivity contribution in [3.8, 4) is 5.75 Å². The lowest BCUT2D eigenvalue weighted by atomic mass is 10.2. The van der Waals surface area contributed by atoms with Gasteiger partial charge in [0, 0.05) is 10.6 Å². The van der Waals surface area contributed by atoms with E-state index in [4.69, 9.17) is 9.47 Å². The number of anilines is 1. The number of aryl methyl sites for hydroxylation is 1. The van der Waals surface area contributed by atoms with Gasteiger partial charge in [0.25, 0.3) is 5.91 Å². The van der Waals surface area contributed by atoms with Gasteiger partial charge in [-0.05, 0) is 55.8 Å². The maximum Gasteiger partial charge on any atom is 0.317 e. The zero-order valence-corrected chi connectivity index (χ0v) is 15.3. The molecule has 1 amide bonds. The minimum absolute atomic E-state index is 0.133. The molecule has 0 fully saturated rings. The summed E-state index contributed by atoms with van der Waals surface area (Å²) in [5.74, 6) is 0.100. The van der Waals surface area contributed by atoms with Crippen LogP contribution in [-0.4, -0.2) is 30.8 Å². The smallest absolute Gasteiger partial charge is 0.317 e. The molecule has 1 N–H and O–H groups in total. The Labute approximate surface area is 151 Å². The number of hydrogen-bond donors (Lipinski definition) is 1. The molecule has 5 nitrogen and oxygen atoms in total. The molecule has 6 heteroatoms. The third-order valence-corrected chi connectivity index (χ3v) is 4.36. The van der Waals surface area contributed by atoms with Gasteiger partial charge in [-0.25, -0.2) is 0 Å². The molecule has 0 heterocycles. The monoisotopic (exact) mass is 359 g/mol. The van der Waals surface area contributed by atoms with Gasteiger partial charge >= 0.3 is 5.97 Å². The quantitative estimate of drug-likeness (QED) is 0.604. The molecular formula is C19H21NO4S. The number of hydrogen-bond acceptors (Lipinski definition) is 5. The van der Waals surface area contributed by atoms with Crippen molar-refractivity contribution in [1.82, 2.24) is 0 Å². The summed E-state index contributed by atoms with van der Waals surface area (Å²) in [5.41, 5.74) is 1.72. The number of ether oxygens (including phenoxy) is 2. The molecule has 2 aromatic carbocycles. The number of amides is 1. The number of nitrogens with one attached hydrogen (secondary N) is 1. The van der Waals surface area contributed by atoms with E-state index < -0.39 is 12.1 Å². The van der Waals surface area contributed by atoms with Gasteiger partial charge in [0.15, 0.2) is 6.10 Å². The summed E-state index contributed by atoms with van der Waals surface area (Å²) in [6.45, 7) is 3.50. The summed E-state index contributed by atoms with van der Waals surface area (Å²) in [5, 5.41) is 2.74. The van der Waals surface area contributed by atoms with Crippen LogP contribution in [0.15, 0.2) is 53.4 Å². The minimum Gasteiger partial charge on any atom is -0.497 e. The molecule has 0 aliphatic carbocycles. The molecule has 2 rings (SSSR count). The van der Waals surface area contributed by atoms with Crippen LogP contribution in [0.4, 0.5) is 5.69 Å². The van der Waals surface area contributed by atoms with Gasteiger partial charge < -0.3 is 14.8 Å². The SMILES string of the molecule is COc1ccc(SCC(=O)O[C@@H](C)C(=O)Nc2cccc(C)c2)cc1. The first kappa shape index (κ1) is 18.9. The van der Waals surface area contributed by atoms with Crippen molar-refractivity contribution in [1.29, 1.82) is 0 Å². The Morgan fingerprint density at radius 2 is 1.88 bits per heavy atom. The van der Waals surface area contributed by atoms with E-state index in [0.717, 1.165) is 16.2 Å². The molecule has 0 saturated heterocycles. The standard InChI is InChI=1S/C19H21NO4S/c1-13-5-4-6-15(11-13)20-19(22)14(2)24-18(21)12-25-17-9-7-16(23-3)8-10-17/h4-11,14H,12H2,1-3H3,(H,20,22)/t14-/m0/s1. The van der Waals surface area contributed by atoms with E-state index in [1.807, 2.05) is 49.4 Å². The van der Waals surface area contributed by atoms with Gasteiger partial charge in [0.05, 0.1) is 12.9 Å². The van der Waals surface area contributed by atoms with Crippen LogP contribution in [0.5, 0.6) is 5.75 Å². The zero-order chi connectivity index (χ0) is 18.2. The third kappa shape index (κ3) is 6.15. The summed E-state index contributed by atoms with van der Waals surface area (Å²) < 4.78 is 10.3. The van der Waals surface area contributed by atoms with E-state index in [-0.39, 0.29) is 11.7 Å². The van der Waals surface area contributed by atoms with Gasteiger partial charge in [0.2, 0.25) is 0 Å². The Balaban J connectivity index is 1.79. The molecule has 0 aliphatic rings. The highest BCUT2D eigenvalue weighted by Crippen LogP contribution is 2.21. The fourth-order valence-electron chi connectivity index (χ4n) is 2.07. The lowest BCUT2D eigenvalue weighted by Crippen LogP contribution is -2.30. The van der Waals surface area contributed by atoms with Gasteiger partial charge in [-0.15, -0.1) is 11.8 Å². The molecule has 0 bridgehead atoms. The summed E-state index contributed by atoms with van der Waals surface area (Å²) in [4.78, 5) is 24.9. The largest absolute Gasteiger partial charge is 0.497 e. The van der Waals surface area contributed by atoms with Crippen molar-refractivity contribution < 1.29 is 19.1 Å². The number of esters is 1. The summed E-state index contributed by atoms with van der Waals surface area (Å²) >= 11 is 1.35. The molecular weight excluding hydrogens is 338 g/mol. The van der Waals surface area contributed by atoms with Crippen molar-refractivity contribution in [2.75, 3.05) is 18.2 Å². The highest BCUT2D eigenvalue weighted by Gasteiger charge is 2.18. The van der Waals surface area contributed by atoms with Gasteiger partial charge in [0.1, 0.15) is 5.75 Å². The fourth-order valence-corrected chi connectivity index (χ4v) is 2.75. The molecule has 0 radical (unpaired) electrons. The van der Waals surface area contributed by atoms with Crippen LogP contribution in [0.25, 0.3) is 0 Å². The van der Waals surface area contributed by atoms with Crippen LogP contribution < -0.4 is 10.1 Å². The average Bonchev–Trinajstić information content (AvgIpc) is 2.60. The normalized spacial score (nSPS) is 11.5. The molecule has 0 aliphatic heterocycles. The van der Waals surface area contributed by atoms with E-state index in [9.17, 15) is 9.59 Å². The maximum atomic E-state index is 12.1. The molecule has 25 heavy (non-hydrogen) atoms. The van der Waals surface area contributed by atoms with Crippen LogP contribution in [0, 0.1) is 6.92 Å². The number of benzene rings is 2. The van der Waals surface area contributed by atoms with Crippen LogP contribution in [-0.2, 0) is 14.3 Å². The zero-order valence-electron chi connectivity index (χ0n) is 14.4. The second kappa shape index (κ2) is 9.13. The van der Waals surface area contributed by atoms with Crippen molar-refractivity contribution in [2.24, 2.45) is 0 Å². The first-order valence-electron chi connectivity index (χ1n) is 7.82. The van der Waals surface area contributed by atoms with Crippen molar-refractivity contribution >= 4 is 29.3 Å². The molecule has 132 valence electrons. The number of carbonyl (C=O) groups excluding carboxylic acids is 2. The molecule has 0 saturated carbocycles. The number of thioether (sulfide) groups is 1. The molecule has 1 atom stereocenters. The molecule has 0 spiro atoms. The highest BCUT2D eigenvalue weighted by molar-refractivity contribution is 8.00. The third-order valence-electron chi connectivity index (χ3n) is 3.38. The van der Waals surface area contributed by atoms with Crippen LogP contribution in [0.2, 0.25) is 0 Å². The number of methoxy groups -OCH3 is 1. The van der Waals surface area contributed by atoms with E-state index in [2.05, 4.69) is 5.32 Å². The second-order valence-corrected chi connectivity index (χ2v) is 6.50. The Morgan fingerprint density at radius 3 is 2.52 bits per heavy atom. The Morgan fingerprint density at radius 1 is 1.16 bits per heavy atom. The minimum atomic E-state index is -0.857. The fraction of sp³-hybridized carbons (Fsp3) is 0.263. The lowest BCUT2D eigenvalue weighted by molar-refractivity contribution is -0.150. The Bertz CT molecular complexity index is 730. The molecule has 0 aromatic heterocycles. The predicted molar refractivity (Wildman–Crippen MR) is 99.1 cm³/mol.